The van der Waals surface area contributed by atoms with E-state index in [0.29, 0.717) is 0 Å². The number of aliphatic hydroxyl groups is 1. The van der Waals surface area contributed by atoms with Crippen molar-refractivity contribution in [1.82, 2.24) is 10.2 Å². The quantitative estimate of drug-likeness (QED) is 0.779. The molecular formula is C21H38N2O3. The van der Waals surface area contributed by atoms with Crippen molar-refractivity contribution in [3.05, 3.63) is 0 Å². The Labute approximate surface area is 158 Å². The van der Waals surface area contributed by atoms with Gasteiger partial charge >= 0.3 is 6.09 Å². The van der Waals surface area contributed by atoms with Gasteiger partial charge in [0.25, 0.3) is 0 Å². The molecule has 3 rings (SSSR count). The van der Waals surface area contributed by atoms with E-state index in [1.807, 2.05) is 25.7 Å². The molecule has 2 saturated carbocycles. The Morgan fingerprint density at radius 1 is 1.12 bits per heavy atom. The molecule has 3 fully saturated rings. The molecule has 0 aromatic carbocycles. The van der Waals surface area contributed by atoms with Crippen LogP contribution in [0.4, 0.5) is 4.79 Å². The number of likely N-dealkylation sites (tertiary alicyclic amines) is 1. The zero-order valence-electron chi connectivity index (χ0n) is 17.0. The Hall–Kier alpha value is -0.810. The summed E-state index contributed by atoms with van der Waals surface area (Å²) in [5.74, 6) is 0.749. The molecular weight excluding hydrogens is 328 g/mol. The minimum absolute atomic E-state index is 0.00995. The highest BCUT2D eigenvalue weighted by Crippen LogP contribution is 2.47. The molecule has 5 heteroatoms. The van der Waals surface area contributed by atoms with Crippen LogP contribution in [0, 0.1) is 11.3 Å². The lowest BCUT2D eigenvalue weighted by molar-refractivity contribution is -0.00751. The lowest BCUT2D eigenvalue weighted by Gasteiger charge is -2.48. The van der Waals surface area contributed by atoms with Crippen molar-refractivity contribution in [1.29, 1.82) is 0 Å². The fourth-order valence-corrected chi connectivity index (χ4v) is 4.81. The Morgan fingerprint density at radius 3 is 2.23 bits per heavy atom. The molecule has 150 valence electrons. The van der Waals surface area contributed by atoms with Crippen molar-refractivity contribution in [3.63, 3.8) is 0 Å². The highest BCUT2D eigenvalue weighted by atomic mass is 16.6. The molecule has 0 spiro atoms. The fourth-order valence-electron chi connectivity index (χ4n) is 4.81. The summed E-state index contributed by atoms with van der Waals surface area (Å²) >= 11 is 0. The van der Waals surface area contributed by atoms with Gasteiger partial charge in [-0.3, -0.25) is 0 Å². The predicted octanol–water partition coefficient (Wildman–Crippen LogP) is 3.70. The van der Waals surface area contributed by atoms with E-state index in [4.69, 9.17) is 4.74 Å². The zero-order chi connectivity index (χ0) is 18.8. The number of amides is 1. The first-order valence-corrected chi connectivity index (χ1v) is 10.6. The van der Waals surface area contributed by atoms with E-state index in [1.54, 1.807) is 0 Å². The van der Waals surface area contributed by atoms with Gasteiger partial charge in [0, 0.05) is 25.2 Å². The third-order valence-electron chi connectivity index (χ3n) is 6.85. The van der Waals surface area contributed by atoms with E-state index in [2.05, 4.69) is 5.32 Å². The summed E-state index contributed by atoms with van der Waals surface area (Å²) in [6.07, 6.45) is 10.8. The number of hydrogen-bond acceptors (Lipinski definition) is 4. The Morgan fingerprint density at radius 2 is 1.73 bits per heavy atom. The van der Waals surface area contributed by atoms with E-state index in [0.717, 1.165) is 51.2 Å². The summed E-state index contributed by atoms with van der Waals surface area (Å²) in [5, 5.41) is 13.4. The molecule has 0 radical (unpaired) electrons. The Bertz CT molecular complexity index is 482. The largest absolute Gasteiger partial charge is 0.444 e. The molecule has 2 N–H and O–H groups in total. The van der Waals surface area contributed by atoms with Crippen LogP contribution in [-0.4, -0.2) is 53.5 Å². The minimum Gasteiger partial charge on any atom is -0.444 e. The van der Waals surface area contributed by atoms with Gasteiger partial charge in [0.05, 0.1) is 6.61 Å². The first-order valence-electron chi connectivity index (χ1n) is 10.6. The topological polar surface area (TPSA) is 61.8 Å². The van der Waals surface area contributed by atoms with Crippen LogP contribution in [0.1, 0.15) is 78.6 Å². The van der Waals surface area contributed by atoms with Gasteiger partial charge in [-0.1, -0.05) is 19.3 Å². The highest BCUT2D eigenvalue weighted by Gasteiger charge is 2.47. The number of piperidine rings is 1. The summed E-state index contributed by atoms with van der Waals surface area (Å²) in [7, 11) is 0. The molecule has 0 bridgehead atoms. The lowest BCUT2D eigenvalue weighted by Crippen LogP contribution is -2.53. The molecule has 1 heterocycles. The van der Waals surface area contributed by atoms with Gasteiger partial charge in [0.1, 0.15) is 5.60 Å². The molecule has 1 amide bonds. The predicted molar refractivity (Wildman–Crippen MR) is 103 cm³/mol. The second-order valence-corrected chi connectivity index (χ2v) is 9.96. The highest BCUT2D eigenvalue weighted by molar-refractivity contribution is 5.68. The number of nitrogens with one attached hydrogen (secondary N) is 1. The molecule has 5 nitrogen and oxygen atoms in total. The summed E-state index contributed by atoms with van der Waals surface area (Å²) in [5.41, 5.74) is -0.177. The second kappa shape index (κ2) is 7.67. The number of rotatable bonds is 5. The van der Waals surface area contributed by atoms with Crippen LogP contribution in [0.5, 0.6) is 0 Å². The van der Waals surface area contributed by atoms with E-state index in [-0.39, 0.29) is 23.7 Å². The summed E-state index contributed by atoms with van der Waals surface area (Å²) < 4.78 is 5.57. The smallest absolute Gasteiger partial charge is 0.410 e. The number of carbonyl (C=O) groups is 1. The first kappa shape index (κ1) is 19.9. The van der Waals surface area contributed by atoms with Gasteiger partial charge in [-0.15, -0.1) is 0 Å². The molecule has 0 aromatic heterocycles. The van der Waals surface area contributed by atoms with Crippen LogP contribution in [0.25, 0.3) is 0 Å². The molecule has 2 aliphatic carbocycles. The summed E-state index contributed by atoms with van der Waals surface area (Å²) in [4.78, 5) is 14.3. The van der Waals surface area contributed by atoms with Gasteiger partial charge in [0.2, 0.25) is 0 Å². The van der Waals surface area contributed by atoms with E-state index >= 15 is 0 Å². The number of aliphatic hydroxyl groups excluding tert-OH is 1. The maximum Gasteiger partial charge on any atom is 0.410 e. The first-order chi connectivity index (χ1) is 12.3. The summed E-state index contributed by atoms with van der Waals surface area (Å²) in [6.45, 7) is 8.59. The zero-order valence-corrected chi connectivity index (χ0v) is 17.0. The average Bonchev–Trinajstić information content (AvgIpc) is 3.40. The molecule has 0 unspecified atom stereocenters. The molecule has 26 heavy (non-hydrogen) atoms. The van der Waals surface area contributed by atoms with Crippen LogP contribution in [-0.2, 0) is 4.74 Å². The molecule has 0 aromatic rings. The fraction of sp³-hybridized carbons (Fsp3) is 0.952. The van der Waals surface area contributed by atoms with Gasteiger partial charge in [0.15, 0.2) is 0 Å². The SMILES string of the molecule is CC(C)(C)OC(=O)N1CCC(CNC2(CO)CC2)(C2CCCCC2)CC1. The van der Waals surface area contributed by atoms with Crippen LogP contribution in [0.2, 0.25) is 0 Å². The number of ether oxygens (including phenoxy) is 1. The Balaban J connectivity index is 1.63. The number of hydrogen-bond donors (Lipinski definition) is 2. The third-order valence-corrected chi connectivity index (χ3v) is 6.85. The van der Waals surface area contributed by atoms with E-state index < -0.39 is 5.60 Å². The van der Waals surface area contributed by atoms with Crippen LogP contribution in [0.3, 0.4) is 0 Å². The Kier molecular flexibility index (Phi) is 5.88. The third kappa shape index (κ3) is 4.72. The van der Waals surface area contributed by atoms with Crippen molar-refractivity contribution < 1.29 is 14.6 Å². The van der Waals surface area contributed by atoms with Crippen LogP contribution >= 0.6 is 0 Å². The van der Waals surface area contributed by atoms with Gasteiger partial charge in [-0.05, 0) is 70.6 Å². The number of carbonyl (C=O) groups excluding carboxylic acids is 1. The molecule has 0 atom stereocenters. The van der Waals surface area contributed by atoms with Crippen molar-refractivity contribution in [3.8, 4) is 0 Å². The van der Waals surface area contributed by atoms with Crippen LogP contribution in [0.15, 0.2) is 0 Å². The average molecular weight is 367 g/mol. The van der Waals surface area contributed by atoms with Crippen molar-refractivity contribution in [2.75, 3.05) is 26.2 Å². The van der Waals surface area contributed by atoms with E-state index in [1.165, 1.54) is 32.1 Å². The van der Waals surface area contributed by atoms with Crippen molar-refractivity contribution in [2.24, 2.45) is 11.3 Å². The number of nitrogens with zero attached hydrogens (tertiary/aromatic N) is 1. The normalized spacial score (nSPS) is 25.8. The second-order valence-electron chi connectivity index (χ2n) is 9.96. The monoisotopic (exact) mass is 366 g/mol. The van der Waals surface area contributed by atoms with Gasteiger partial charge < -0.3 is 20.1 Å². The van der Waals surface area contributed by atoms with Crippen LogP contribution < -0.4 is 5.32 Å². The van der Waals surface area contributed by atoms with Crippen molar-refractivity contribution in [2.45, 2.75) is 89.7 Å². The van der Waals surface area contributed by atoms with Crippen molar-refractivity contribution >= 4 is 6.09 Å². The van der Waals surface area contributed by atoms with Gasteiger partial charge in [-0.25, -0.2) is 4.79 Å². The molecule has 1 aliphatic heterocycles. The van der Waals surface area contributed by atoms with Gasteiger partial charge in [-0.2, -0.15) is 0 Å². The summed E-state index contributed by atoms with van der Waals surface area (Å²) in [6, 6.07) is 0. The van der Waals surface area contributed by atoms with E-state index in [9.17, 15) is 9.90 Å². The minimum atomic E-state index is -0.434. The molecule has 3 aliphatic rings. The maximum absolute atomic E-state index is 12.4. The lowest BCUT2D eigenvalue weighted by atomic mass is 9.63. The maximum atomic E-state index is 12.4. The standard InChI is InChI=1S/C21H38N2O3/c1-19(2,3)26-18(25)23-13-11-20(12-14-23,17-7-5-4-6-8-17)15-22-21(16-24)9-10-21/h17,22,24H,4-16H2,1-3H3. The molecule has 1 saturated heterocycles.